The van der Waals surface area contributed by atoms with Gasteiger partial charge in [-0.3, -0.25) is 4.98 Å². The molecule has 47 heavy (non-hydrogen) atoms. The van der Waals surface area contributed by atoms with E-state index in [2.05, 4.69) is 163 Å². The van der Waals surface area contributed by atoms with Gasteiger partial charge >= 0.3 is 0 Å². The molecule has 0 N–H and O–H groups in total. The van der Waals surface area contributed by atoms with Crippen molar-refractivity contribution in [2.75, 3.05) is 0 Å². The van der Waals surface area contributed by atoms with Crippen LogP contribution in [0.4, 0.5) is 0 Å². The molecule has 2 nitrogen and oxygen atoms in total. The van der Waals surface area contributed by atoms with Crippen molar-refractivity contribution in [1.29, 1.82) is 5.26 Å². The molecular formula is C45H28N2. The predicted molar refractivity (Wildman–Crippen MR) is 192 cm³/mol. The van der Waals surface area contributed by atoms with Crippen LogP contribution in [0.1, 0.15) is 27.8 Å². The normalized spacial score (nSPS) is 12.8. The second-order valence-corrected chi connectivity index (χ2v) is 12.2. The molecule has 0 spiro atoms. The Morgan fingerprint density at radius 2 is 1.11 bits per heavy atom. The van der Waals surface area contributed by atoms with Gasteiger partial charge in [-0.25, -0.2) is 0 Å². The summed E-state index contributed by atoms with van der Waals surface area (Å²) < 4.78 is 0. The van der Waals surface area contributed by atoms with E-state index in [1.807, 2.05) is 12.3 Å². The zero-order valence-corrected chi connectivity index (χ0v) is 25.6. The molecule has 0 unspecified atom stereocenters. The summed E-state index contributed by atoms with van der Waals surface area (Å²) in [7, 11) is 0. The second-order valence-electron chi connectivity index (χ2n) is 12.2. The predicted octanol–water partition coefficient (Wildman–Crippen LogP) is 11.0. The molecule has 1 aliphatic rings. The molecule has 1 aromatic heterocycles. The SMILES string of the molecule is N#Cc1cncc(-c2cccc(-c3cc4c(c5ccccc35)-c3c(ccc5ccccc35)C4(c3ccccc3)c3ccccc3)c2)c1. The van der Waals surface area contributed by atoms with Crippen LogP contribution in [0, 0.1) is 11.3 Å². The highest BCUT2D eigenvalue weighted by atomic mass is 14.6. The third-order valence-corrected chi connectivity index (χ3v) is 9.82. The van der Waals surface area contributed by atoms with Crippen molar-refractivity contribution in [2.24, 2.45) is 0 Å². The molecule has 0 amide bonds. The van der Waals surface area contributed by atoms with Crippen molar-refractivity contribution in [3.8, 4) is 39.4 Å². The van der Waals surface area contributed by atoms with Crippen molar-refractivity contribution in [3.63, 3.8) is 0 Å². The first-order chi connectivity index (χ1) is 23.3. The smallest absolute Gasteiger partial charge is 0.101 e. The van der Waals surface area contributed by atoms with Gasteiger partial charge in [-0.2, -0.15) is 5.26 Å². The van der Waals surface area contributed by atoms with Gasteiger partial charge in [0.2, 0.25) is 0 Å². The number of fused-ring (bicyclic) bond motifs is 7. The van der Waals surface area contributed by atoms with Crippen LogP contribution in [0.3, 0.4) is 0 Å². The fourth-order valence-corrected chi connectivity index (χ4v) is 7.87. The molecule has 0 fully saturated rings. The molecular weight excluding hydrogens is 569 g/mol. The minimum Gasteiger partial charge on any atom is -0.263 e. The van der Waals surface area contributed by atoms with Crippen LogP contribution in [-0.4, -0.2) is 4.98 Å². The number of rotatable bonds is 4. The summed E-state index contributed by atoms with van der Waals surface area (Å²) in [6, 6.07) is 59.5. The molecule has 8 aromatic rings. The highest BCUT2D eigenvalue weighted by Crippen LogP contribution is 2.60. The molecule has 1 heterocycles. The topological polar surface area (TPSA) is 36.7 Å². The van der Waals surface area contributed by atoms with E-state index >= 15 is 0 Å². The van der Waals surface area contributed by atoms with Crippen LogP contribution in [0.5, 0.6) is 0 Å². The van der Waals surface area contributed by atoms with E-state index in [-0.39, 0.29) is 0 Å². The van der Waals surface area contributed by atoms with Crippen molar-refractivity contribution < 1.29 is 0 Å². The Labute approximate surface area is 273 Å². The lowest BCUT2D eigenvalue weighted by Gasteiger charge is -2.34. The molecule has 0 saturated heterocycles. The Balaban J connectivity index is 1.43. The minimum absolute atomic E-state index is 0.529. The van der Waals surface area contributed by atoms with Crippen LogP contribution < -0.4 is 0 Å². The summed E-state index contributed by atoms with van der Waals surface area (Å²) in [6.07, 6.45) is 3.44. The van der Waals surface area contributed by atoms with E-state index in [1.54, 1.807) is 6.20 Å². The van der Waals surface area contributed by atoms with E-state index in [4.69, 9.17) is 0 Å². The van der Waals surface area contributed by atoms with Gasteiger partial charge in [-0.15, -0.1) is 0 Å². The Bertz CT molecular complexity index is 2480. The standard InChI is InChI=1S/C45H28N2/c46-27-30-24-34(29-47-28-30)32-13-11-14-33(25-32)40-26-42-44(39-21-10-9-20-38(39)40)43-37-19-8-7-12-31(37)22-23-41(43)45(42,35-15-3-1-4-16-35)36-17-5-2-6-18-36/h1-26,28-29H. The van der Waals surface area contributed by atoms with E-state index in [1.165, 1.54) is 60.5 Å². The summed E-state index contributed by atoms with van der Waals surface area (Å²) in [5.74, 6) is 0. The van der Waals surface area contributed by atoms with Gasteiger partial charge in [0.15, 0.2) is 0 Å². The van der Waals surface area contributed by atoms with Crippen molar-refractivity contribution in [1.82, 2.24) is 4.98 Å². The first-order valence-corrected chi connectivity index (χ1v) is 15.9. The van der Waals surface area contributed by atoms with E-state index < -0.39 is 5.41 Å². The minimum atomic E-state index is -0.529. The number of hydrogen-bond acceptors (Lipinski definition) is 2. The van der Waals surface area contributed by atoms with E-state index in [0.29, 0.717) is 5.56 Å². The van der Waals surface area contributed by atoms with Crippen LogP contribution >= 0.6 is 0 Å². The highest BCUT2D eigenvalue weighted by Gasteiger charge is 2.47. The average Bonchev–Trinajstić information content (AvgIpc) is 3.47. The van der Waals surface area contributed by atoms with Crippen LogP contribution in [0.2, 0.25) is 0 Å². The quantitative estimate of drug-likeness (QED) is 0.203. The maximum absolute atomic E-state index is 9.54. The summed E-state index contributed by atoms with van der Waals surface area (Å²) in [5.41, 5.74) is 12.0. The lowest BCUT2D eigenvalue weighted by molar-refractivity contribution is 0.770. The number of aromatic nitrogens is 1. The maximum Gasteiger partial charge on any atom is 0.101 e. The summed E-state index contributed by atoms with van der Waals surface area (Å²) in [5, 5.41) is 14.5. The molecule has 7 aromatic carbocycles. The van der Waals surface area contributed by atoms with Crippen molar-refractivity contribution >= 4 is 21.5 Å². The van der Waals surface area contributed by atoms with Crippen molar-refractivity contribution in [2.45, 2.75) is 5.41 Å². The number of benzene rings is 7. The Morgan fingerprint density at radius 1 is 0.468 bits per heavy atom. The first kappa shape index (κ1) is 27.0. The van der Waals surface area contributed by atoms with Gasteiger partial charge in [0.25, 0.3) is 0 Å². The van der Waals surface area contributed by atoms with E-state index in [0.717, 1.165) is 16.7 Å². The fraction of sp³-hybridized carbons (Fsp3) is 0.0222. The first-order valence-electron chi connectivity index (χ1n) is 15.9. The number of hydrogen-bond donors (Lipinski definition) is 0. The zero-order chi connectivity index (χ0) is 31.4. The van der Waals surface area contributed by atoms with Crippen LogP contribution in [-0.2, 0) is 5.41 Å². The summed E-state index contributed by atoms with van der Waals surface area (Å²) in [4.78, 5) is 4.34. The van der Waals surface area contributed by atoms with Gasteiger partial charge in [0.05, 0.1) is 11.0 Å². The molecule has 2 heteroatoms. The molecule has 1 aliphatic carbocycles. The van der Waals surface area contributed by atoms with Gasteiger partial charge in [-0.1, -0.05) is 140 Å². The Kier molecular flexibility index (Phi) is 6.13. The average molecular weight is 597 g/mol. The Morgan fingerprint density at radius 3 is 1.85 bits per heavy atom. The summed E-state index contributed by atoms with van der Waals surface area (Å²) >= 11 is 0. The number of nitriles is 1. The van der Waals surface area contributed by atoms with Gasteiger partial charge in [0, 0.05) is 18.0 Å². The third-order valence-electron chi connectivity index (χ3n) is 9.82. The summed E-state index contributed by atoms with van der Waals surface area (Å²) in [6.45, 7) is 0. The zero-order valence-electron chi connectivity index (χ0n) is 25.6. The molecule has 0 radical (unpaired) electrons. The third kappa shape index (κ3) is 4.00. The highest BCUT2D eigenvalue weighted by molar-refractivity contribution is 6.15. The van der Waals surface area contributed by atoms with E-state index in [9.17, 15) is 5.26 Å². The molecule has 0 bridgehead atoms. The second kappa shape index (κ2) is 10.7. The lowest BCUT2D eigenvalue weighted by Crippen LogP contribution is -2.28. The van der Waals surface area contributed by atoms with Crippen LogP contribution in [0.15, 0.2) is 170 Å². The van der Waals surface area contributed by atoms with Gasteiger partial charge in [0.1, 0.15) is 6.07 Å². The van der Waals surface area contributed by atoms with Crippen LogP contribution in [0.25, 0.3) is 54.9 Å². The fourth-order valence-electron chi connectivity index (χ4n) is 7.87. The molecule has 9 rings (SSSR count). The lowest BCUT2D eigenvalue weighted by atomic mass is 9.67. The maximum atomic E-state index is 9.54. The van der Waals surface area contributed by atoms with Gasteiger partial charge in [-0.05, 0) is 89.8 Å². The molecule has 0 aliphatic heterocycles. The molecule has 0 atom stereocenters. The monoisotopic (exact) mass is 596 g/mol. The molecule has 0 saturated carbocycles. The van der Waals surface area contributed by atoms with Gasteiger partial charge < -0.3 is 0 Å². The number of pyridine rings is 1. The molecule has 218 valence electrons. The Hall–Kier alpha value is -6.30. The largest absolute Gasteiger partial charge is 0.263 e. The number of nitrogens with zero attached hydrogens (tertiary/aromatic N) is 2. The van der Waals surface area contributed by atoms with Crippen molar-refractivity contribution in [3.05, 3.63) is 198 Å².